The number of imidazole rings is 1. The van der Waals surface area contributed by atoms with Crippen LogP contribution >= 0.6 is 0 Å². The molecule has 1 aliphatic rings. The molecule has 0 aliphatic carbocycles. The Labute approximate surface area is 198 Å². The van der Waals surface area contributed by atoms with Crippen LogP contribution in [0.2, 0.25) is 0 Å². The fourth-order valence-corrected chi connectivity index (χ4v) is 4.32. The van der Waals surface area contributed by atoms with Crippen molar-refractivity contribution in [2.45, 2.75) is 19.9 Å². The third-order valence-electron chi connectivity index (χ3n) is 6.30. The van der Waals surface area contributed by atoms with Gasteiger partial charge in [-0.05, 0) is 38.1 Å². The highest BCUT2D eigenvalue weighted by Crippen LogP contribution is 2.33. The Morgan fingerprint density at radius 1 is 1.03 bits per heavy atom. The molecule has 1 N–H and O–H groups in total. The minimum Gasteiger partial charge on any atom is -0.353 e. The molecule has 1 fully saturated rings. The van der Waals surface area contributed by atoms with Gasteiger partial charge in [-0.1, -0.05) is 0 Å². The fourth-order valence-electron chi connectivity index (χ4n) is 4.32. The summed E-state index contributed by atoms with van der Waals surface area (Å²) >= 11 is 0. The lowest BCUT2D eigenvalue weighted by atomic mass is 10.1. The first-order valence-electron chi connectivity index (χ1n) is 11.5. The summed E-state index contributed by atoms with van der Waals surface area (Å²) in [6.45, 7) is 8.30. The Balaban J connectivity index is 1.51. The Hall–Kier alpha value is -3.85. The van der Waals surface area contributed by atoms with Gasteiger partial charge in [-0.3, -0.25) is 14.7 Å². The molecule has 0 aromatic carbocycles. The van der Waals surface area contributed by atoms with Crippen LogP contribution in [0.15, 0.2) is 55.4 Å². The summed E-state index contributed by atoms with van der Waals surface area (Å²) in [6, 6.07) is 7.86. The zero-order chi connectivity index (χ0) is 23.7. The van der Waals surface area contributed by atoms with Crippen molar-refractivity contribution in [1.29, 1.82) is 0 Å². The van der Waals surface area contributed by atoms with E-state index in [0.717, 1.165) is 54.2 Å². The van der Waals surface area contributed by atoms with Crippen molar-refractivity contribution < 1.29 is 4.79 Å². The number of piperazine rings is 1. The number of fused-ring (bicyclic) bond motifs is 1. The minimum atomic E-state index is -0.228. The third kappa shape index (κ3) is 4.34. The van der Waals surface area contributed by atoms with Gasteiger partial charge >= 0.3 is 0 Å². The van der Waals surface area contributed by atoms with E-state index in [1.807, 2.05) is 23.9 Å². The van der Waals surface area contributed by atoms with E-state index in [0.29, 0.717) is 17.4 Å². The van der Waals surface area contributed by atoms with Gasteiger partial charge in [0, 0.05) is 68.2 Å². The number of pyridine rings is 3. The number of rotatable bonds is 5. The standard InChI is InChI=1S/C25H28N8O/c1-17(2)32-8-10-33(11-9-32)24-20(22-15-27-16-31(22)3)12-19-13-23(28-14-21(19)29-24)30-25(34)18-4-6-26-7-5-18/h4-7,12-17H,8-11H2,1-3H3,(H,28,30,34). The van der Waals surface area contributed by atoms with Crippen molar-refractivity contribution in [2.24, 2.45) is 7.05 Å². The van der Waals surface area contributed by atoms with Gasteiger partial charge in [-0.15, -0.1) is 0 Å². The zero-order valence-electron chi connectivity index (χ0n) is 19.6. The number of carbonyl (C=O) groups excluding carboxylic acids is 1. The van der Waals surface area contributed by atoms with Crippen molar-refractivity contribution >= 4 is 28.4 Å². The van der Waals surface area contributed by atoms with Gasteiger partial charge in [0.2, 0.25) is 0 Å². The summed E-state index contributed by atoms with van der Waals surface area (Å²) in [7, 11) is 1.99. The van der Waals surface area contributed by atoms with Gasteiger partial charge in [0.1, 0.15) is 11.6 Å². The number of hydrogen-bond donors (Lipinski definition) is 1. The molecular weight excluding hydrogens is 428 g/mol. The van der Waals surface area contributed by atoms with Gasteiger partial charge in [0.05, 0.1) is 29.9 Å². The van der Waals surface area contributed by atoms with Gasteiger partial charge in [0.25, 0.3) is 5.91 Å². The zero-order valence-corrected chi connectivity index (χ0v) is 19.6. The molecule has 0 spiro atoms. The van der Waals surface area contributed by atoms with E-state index in [-0.39, 0.29) is 5.91 Å². The van der Waals surface area contributed by atoms with Crippen LogP contribution in [0.5, 0.6) is 0 Å². The molecule has 5 rings (SSSR count). The van der Waals surface area contributed by atoms with Crippen LogP contribution in [0, 0.1) is 0 Å². The maximum absolute atomic E-state index is 12.6. The molecule has 4 aromatic heterocycles. The second kappa shape index (κ2) is 9.18. The molecule has 34 heavy (non-hydrogen) atoms. The average Bonchev–Trinajstić information content (AvgIpc) is 3.29. The predicted molar refractivity (Wildman–Crippen MR) is 133 cm³/mol. The Morgan fingerprint density at radius 2 is 1.79 bits per heavy atom. The highest BCUT2D eigenvalue weighted by molar-refractivity contribution is 6.04. The van der Waals surface area contributed by atoms with Crippen molar-refractivity contribution in [3.63, 3.8) is 0 Å². The number of carbonyl (C=O) groups is 1. The highest BCUT2D eigenvalue weighted by atomic mass is 16.1. The molecule has 0 saturated carbocycles. The summed E-state index contributed by atoms with van der Waals surface area (Å²) < 4.78 is 2.00. The van der Waals surface area contributed by atoms with E-state index in [1.54, 1.807) is 37.1 Å². The Kier molecular flexibility index (Phi) is 5.93. The van der Waals surface area contributed by atoms with E-state index >= 15 is 0 Å². The van der Waals surface area contributed by atoms with Crippen LogP contribution in [0.3, 0.4) is 0 Å². The maximum atomic E-state index is 12.6. The smallest absolute Gasteiger partial charge is 0.256 e. The van der Waals surface area contributed by atoms with E-state index in [4.69, 9.17) is 4.98 Å². The second-order valence-electron chi connectivity index (χ2n) is 8.82. The summed E-state index contributed by atoms with van der Waals surface area (Å²) in [5, 5.41) is 3.77. The van der Waals surface area contributed by atoms with E-state index < -0.39 is 0 Å². The topological polar surface area (TPSA) is 92.1 Å². The Morgan fingerprint density at radius 3 is 2.47 bits per heavy atom. The summed E-state index contributed by atoms with van der Waals surface area (Å²) in [5.41, 5.74) is 3.33. The molecule has 9 heteroatoms. The van der Waals surface area contributed by atoms with Crippen LogP contribution in [-0.2, 0) is 7.05 Å². The Bertz CT molecular complexity index is 1310. The highest BCUT2D eigenvalue weighted by Gasteiger charge is 2.24. The molecule has 0 atom stereocenters. The van der Waals surface area contributed by atoms with E-state index in [9.17, 15) is 4.79 Å². The molecule has 1 saturated heterocycles. The van der Waals surface area contributed by atoms with Crippen molar-refractivity contribution in [3.8, 4) is 11.3 Å². The minimum absolute atomic E-state index is 0.228. The molecule has 1 amide bonds. The first-order valence-corrected chi connectivity index (χ1v) is 11.5. The van der Waals surface area contributed by atoms with Crippen LogP contribution in [-0.4, -0.2) is 67.5 Å². The van der Waals surface area contributed by atoms with E-state index in [1.165, 1.54) is 0 Å². The number of aryl methyl sites for hydroxylation is 1. The third-order valence-corrected chi connectivity index (χ3v) is 6.30. The first-order chi connectivity index (χ1) is 16.5. The van der Waals surface area contributed by atoms with Gasteiger partial charge < -0.3 is 14.8 Å². The van der Waals surface area contributed by atoms with Gasteiger partial charge in [-0.25, -0.2) is 15.0 Å². The molecule has 5 heterocycles. The lowest BCUT2D eigenvalue weighted by Gasteiger charge is -2.38. The van der Waals surface area contributed by atoms with Crippen molar-refractivity contribution in [1.82, 2.24) is 29.4 Å². The quantitative estimate of drug-likeness (QED) is 0.493. The normalized spacial score (nSPS) is 14.6. The van der Waals surface area contributed by atoms with Crippen LogP contribution in [0.25, 0.3) is 22.2 Å². The largest absolute Gasteiger partial charge is 0.353 e. The number of amides is 1. The average molecular weight is 457 g/mol. The van der Waals surface area contributed by atoms with Gasteiger partial charge in [0.15, 0.2) is 0 Å². The molecule has 1 aliphatic heterocycles. The number of hydrogen-bond acceptors (Lipinski definition) is 7. The molecule has 9 nitrogen and oxygen atoms in total. The summed E-state index contributed by atoms with van der Waals surface area (Å²) in [4.78, 5) is 35.2. The monoisotopic (exact) mass is 456 g/mol. The maximum Gasteiger partial charge on any atom is 0.256 e. The van der Waals surface area contributed by atoms with Crippen molar-refractivity contribution in [3.05, 3.63) is 60.9 Å². The fraction of sp³-hybridized carbons (Fsp3) is 0.320. The van der Waals surface area contributed by atoms with Crippen LogP contribution in [0.1, 0.15) is 24.2 Å². The molecule has 4 aromatic rings. The number of nitrogens with one attached hydrogen (secondary N) is 1. The lowest BCUT2D eigenvalue weighted by molar-refractivity contribution is 0.102. The summed E-state index contributed by atoms with van der Waals surface area (Å²) in [6.07, 6.45) is 8.57. The number of aromatic nitrogens is 5. The van der Waals surface area contributed by atoms with Crippen molar-refractivity contribution in [2.75, 3.05) is 36.4 Å². The molecular formula is C25H28N8O. The van der Waals surface area contributed by atoms with Crippen LogP contribution in [0.4, 0.5) is 11.6 Å². The molecule has 0 unspecified atom stereocenters. The number of anilines is 2. The van der Waals surface area contributed by atoms with Crippen LogP contribution < -0.4 is 10.2 Å². The predicted octanol–water partition coefficient (Wildman–Crippen LogP) is 3.21. The molecule has 0 radical (unpaired) electrons. The molecule has 174 valence electrons. The number of nitrogens with zero attached hydrogens (tertiary/aromatic N) is 7. The van der Waals surface area contributed by atoms with Gasteiger partial charge in [-0.2, -0.15) is 0 Å². The van der Waals surface area contributed by atoms with E-state index in [2.05, 4.69) is 50.0 Å². The lowest BCUT2D eigenvalue weighted by Crippen LogP contribution is -2.49. The summed E-state index contributed by atoms with van der Waals surface area (Å²) in [5.74, 6) is 1.19. The molecule has 0 bridgehead atoms. The first kappa shape index (κ1) is 22.0. The SMILES string of the molecule is CC(C)N1CCN(c2nc3cnc(NC(=O)c4ccncc4)cc3cc2-c2cncn2C)CC1. The second-order valence-corrected chi connectivity index (χ2v) is 8.82.